The second kappa shape index (κ2) is 7.90. The van der Waals surface area contributed by atoms with Crippen molar-refractivity contribution in [3.63, 3.8) is 0 Å². The van der Waals surface area contributed by atoms with Gasteiger partial charge in [0.05, 0.1) is 6.61 Å². The molecule has 0 radical (unpaired) electrons. The second-order valence-corrected chi connectivity index (χ2v) is 5.21. The average molecular weight is 276 g/mol. The molecule has 0 heterocycles. The van der Waals surface area contributed by atoms with E-state index in [4.69, 9.17) is 4.74 Å². The summed E-state index contributed by atoms with van der Waals surface area (Å²) in [5, 5.41) is 6.37. The lowest BCUT2D eigenvalue weighted by atomic mass is 10.2. The fourth-order valence-corrected chi connectivity index (χ4v) is 1.93. The molecule has 1 saturated carbocycles. The second-order valence-electron chi connectivity index (χ2n) is 5.21. The van der Waals surface area contributed by atoms with Gasteiger partial charge in [0.25, 0.3) is 5.91 Å². The van der Waals surface area contributed by atoms with Gasteiger partial charge in [-0.25, -0.2) is 0 Å². The van der Waals surface area contributed by atoms with E-state index in [1.54, 1.807) is 6.07 Å². The Labute approximate surface area is 120 Å². The number of benzene rings is 1. The zero-order valence-corrected chi connectivity index (χ0v) is 12.2. The topological polar surface area (TPSA) is 50.4 Å². The van der Waals surface area contributed by atoms with Gasteiger partial charge in [-0.05, 0) is 50.4 Å². The van der Waals surface area contributed by atoms with E-state index in [0.29, 0.717) is 18.7 Å². The normalized spacial score (nSPS) is 14.1. The molecule has 4 heteroatoms. The maximum atomic E-state index is 12.0. The Kier molecular flexibility index (Phi) is 5.87. The highest BCUT2D eigenvalue weighted by Gasteiger charge is 2.19. The zero-order valence-electron chi connectivity index (χ0n) is 12.2. The molecule has 20 heavy (non-hydrogen) atoms. The number of carbonyl (C=O) groups excluding carboxylic acids is 1. The summed E-state index contributed by atoms with van der Waals surface area (Å²) in [5.74, 6) is 0.730. The molecule has 1 aromatic rings. The van der Waals surface area contributed by atoms with Gasteiger partial charge in [-0.1, -0.05) is 13.0 Å². The lowest BCUT2D eigenvalue weighted by Gasteiger charge is -2.08. The van der Waals surface area contributed by atoms with Crippen LogP contribution >= 0.6 is 0 Å². The van der Waals surface area contributed by atoms with E-state index in [9.17, 15) is 4.79 Å². The van der Waals surface area contributed by atoms with E-state index in [0.717, 1.165) is 31.2 Å². The summed E-state index contributed by atoms with van der Waals surface area (Å²) in [6, 6.07) is 8.09. The van der Waals surface area contributed by atoms with Crippen LogP contribution in [0.2, 0.25) is 0 Å². The highest BCUT2D eigenvalue weighted by Crippen LogP contribution is 2.18. The Morgan fingerprint density at radius 2 is 2.20 bits per heavy atom. The fraction of sp³-hybridized carbons (Fsp3) is 0.562. The highest BCUT2D eigenvalue weighted by atomic mass is 16.5. The van der Waals surface area contributed by atoms with E-state index < -0.39 is 0 Å². The van der Waals surface area contributed by atoms with Gasteiger partial charge >= 0.3 is 0 Å². The first-order valence-corrected chi connectivity index (χ1v) is 7.54. The smallest absolute Gasteiger partial charge is 0.251 e. The third-order valence-corrected chi connectivity index (χ3v) is 3.22. The van der Waals surface area contributed by atoms with Crippen molar-refractivity contribution in [3.05, 3.63) is 29.8 Å². The standard InChI is InChI=1S/C16H24N2O2/c1-2-11-20-15-6-3-5-13(12-15)16(19)18-10-4-9-17-14-7-8-14/h3,5-6,12,14,17H,2,4,7-11H2,1H3,(H,18,19). The monoisotopic (exact) mass is 276 g/mol. The fourth-order valence-electron chi connectivity index (χ4n) is 1.93. The SMILES string of the molecule is CCCOc1cccc(C(=O)NCCCNC2CC2)c1. The van der Waals surface area contributed by atoms with Gasteiger partial charge in [0.15, 0.2) is 0 Å². The summed E-state index contributed by atoms with van der Waals surface area (Å²) in [4.78, 5) is 12.0. The summed E-state index contributed by atoms with van der Waals surface area (Å²) in [7, 11) is 0. The van der Waals surface area contributed by atoms with Crippen LogP contribution in [0, 0.1) is 0 Å². The summed E-state index contributed by atoms with van der Waals surface area (Å²) >= 11 is 0. The van der Waals surface area contributed by atoms with Crippen molar-refractivity contribution in [3.8, 4) is 5.75 Å². The van der Waals surface area contributed by atoms with Gasteiger partial charge in [0.1, 0.15) is 5.75 Å². The summed E-state index contributed by atoms with van der Waals surface area (Å²) in [6.07, 6.45) is 4.53. The quantitative estimate of drug-likeness (QED) is 0.681. The molecule has 0 spiro atoms. The minimum atomic E-state index is -0.0293. The average Bonchev–Trinajstić information content (AvgIpc) is 3.29. The van der Waals surface area contributed by atoms with E-state index in [2.05, 4.69) is 17.6 Å². The molecule has 0 aromatic heterocycles. The van der Waals surface area contributed by atoms with Crippen LogP contribution < -0.4 is 15.4 Å². The maximum Gasteiger partial charge on any atom is 0.251 e. The number of ether oxygens (including phenoxy) is 1. The lowest BCUT2D eigenvalue weighted by Crippen LogP contribution is -2.27. The van der Waals surface area contributed by atoms with Crippen molar-refractivity contribution >= 4 is 5.91 Å². The van der Waals surface area contributed by atoms with Gasteiger partial charge in [0.2, 0.25) is 0 Å². The van der Waals surface area contributed by atoms with Crippen molar-refractivity contribution in [1.82, 2.24) is 10.6 Å². The molecule has 2 rings (SSSR count). The highest BCUT2D eigenvalue weighted by molar-refractivity contribution is 5.94. The molecule has 0 aliphatic heterocycles. The Balaban J connectivity index is 1.70. The Morgan fingerprint density at radius 3 is 2.95 bits per heavy atom. The first kappa shape index (κ1) is 14.9. The predicted octanol–water partition coefficient (Wildman–Crippen LogP) is 2.35. The number of hydrogen-bond acceptors (Lipinski definition) is 3. The van der Waals surface area contributed by atoms with Crippen molar-refractivity contribution in [2.45, 2.75) is 38.6 Å². The van der Waals surface area contributed by atoms with Crippen LogP contribution in [-0.2, 0) is 0 Å². The van der Waals surface area contributed by atoms with Crippen molar-refractivity contribution in [1.29, 1.82) is 0 Å². The van der Waals surface area contributed by atoms with Gasteiger partial charge < -0.3 is 15.4 Å². The molecule has 1 aliphatic carbocycles. The molecule has 4 nitrogen and oxygen atoms in total. The van der Waals surface area contributed by atoms with E-state index >= 15 is 0 Å². The number of carbonyl (C=O) groups is 1. The summed E-state index contributed by atoms with van der Waals surface area (Å²) in [5.41, 5.74) is 0.661. The predicted molar refractivity (Wildman–Crippen MR) is 80.2 cm³/mol. The van der Waals surface area contributed by atoms with Gasteiger partial charge in [-0.2, -0.15) is 0 Å². The molecule has 110 valence electrons. The van der Waals surface area contributed by atoms with E-state index in [1.165, 1.54) is 12.8 Å². The van der Waals surface area contributed by atoms with Gasteiger partial charge in [-0.15, -0.1) is 0 Å². The van der Waals surface area contributed by atoms with Crippen LogP contribution in [0.1, 0.15) is 43.0 Å². The van der Waals surface area contributed by atoms with Crippen LogP contribution in [0.25, 0.3) is 0 Å². The molecular weight excluding hydrogens is 252 g/mol. The Morgan fingerprint density at radius 1 is 1.35 bits per heavy atom. The zero-order chi connectivity index (χ0) is 14.2. The first-order chi connectivity index (χ1) is 9.79. The molecule has 1 fully saturated rings. The molecule has 0 saturated heterocycles. The molecule has 0 unspecified atom stereocenters. The Hall–Kier alpha value is -1.55. The minimum absolute atomic E-state index is 0.0293. The van der Waals surface area contributed by atoms with E-state index in [1.807, 2.05) is 18.2 Å². The molecule has 1 amide bonds. The summed E-state index contributed by atoms with van der Waals surface area (Å²) in [6.45, 7) is 4.42. The van der Waals surface area contributed by atoms with Crippen LogP contribution in [0.4, 0.5) is 0 Å². The lowest BCUT2D eigenvalue weighted by molar-refractivity contribution is 0.0953. The van der Waals surface area contributed by atoms with Crippen LogP contribution in [0.5, 0.6) is 5.75 Å². The largest absolute Gasteiger partial charge is 0.494 e. The third kappa shape index (κ3) is 5.21. The van der Waals surface area contributed by atoms with Crippen molar-refractivity contribution in [2.24, 2.45) is 0 Å². The molecule has 0 atom stereocenters. The Bertz CT molecular complexity index is 430. The van der Waals surface area contributed by atoms with Crippen LogP contribution in [0.15, 0.2) is 24.3 Å². The maximum absolute atomic E-state index is 12.0. The molecule has 1 aliphatic rings. The van der Waals surface area contributed by atoms with Gasteiger partial charge in [0, 0.05) is 18.2 Å². The third-order valence-electron chi connectivity index (χ3n) is 3.22. The number of hydrogen-bond donors (Lipinski definition) is 2. The van der Waals surface area contributed by atoms with Crippen molar-refractivity contribution in [2.75, 3.05) is 19.7 Å². The molecule has 2 N–H and O–H groups in total. The summed E-state index contributed by atoms with van der Waals surface area (Å²) < 4.78 is 5.53. The van der Waals surface area contributed by atoms with E-state index in [-0.39, 0.29) is 5.91 Å². The number of amides is 1. The number of nitrogens with one attached hydrogen (secondary N) is 2. The number of rotatable bonds is 9. The molecule has 1 aromatic carbocycles. The van der Waals surface area contributed by atoms with Crippen LogP contribution in [0.3, 0.4) is 0 Å². The molecular formula is C16H24N2O2. The minimum Gasteiger partial charge on any atom is -0.494 e. The first-order valence-electron chi connectivity index (χ1n) is 7.54. The van der Waals surface area contributed by atoms with Crippen molar-refractivity contribution < 1.29 is 9.53 Å². The van der Waals surface area contributed by atoms with Crippen LogP contribution in [-0.4, -0.2) is 31.6 Å². The molecule has 0 bridgehead atoms. The van der Waals surface area contributed by atoms with Gasteiger partial charge in [-0.3, -0.25) is 4.79 Å².